The Hall–Kier alpha value is -1.16. The molecule has 0 N–H and O–H groups in total. The minimum absolute atomic E-state index is 0.335. The van der Waals surface area contributed by atoms with E-state index in [0.29, 0.717) is 15.6 Å². The van der Waals surface area contributed by atoms with Gasteiger partial charge in [0.05, 0.1) is 22.7 Å². The van der Waals surface area contributed by atoms with Crippen LogP contribution in [0.4, 0.5) is 0 Å². The SMILES string of the molecule is COC(=O)c1ccc(CSc2c(Cl)cccc2Cl)cc1. The van der Waals surface area contributed by atoms with Gasteiger partial charge in [-0.25, -0.2) is 4.79 Å². The minimum Gasteiger partial charge on any atom is -0.465 e. The fraction of sp³-hybridized carbons (Fsp3) is 0.133. The van der Waals surface area contributed by atoms with E-state index in [2.05, 4.69) is 4.74 Å². The van der Waals surface area contributed by atoms with Gasteiger partial charge in [-0.2, -0.15) is 0 Å². The van der Waals surface area contributed by atoms with Crippen molar-refractivity contribution in [3.8, 4) is 0 Å². The molecule has 0 amide bonds. The van der Waals surface area contributed by atoms with Crippen LogP contribution in [0, 0.1) is 0 Å². The Labute approximate surface area is 132 Å². The molecule has 0 atom stereocenters. The Balaban J connectivity index is 2.06. The van der Waals surface area contributed by atoms with Crippen LogP contribution in [0.3, 0.4) is 0 Å². The monoisotopic (exact) mass is 326 g/mol. The summed E-state index contributed by atoms with van der Waals surface area (Å²) in [6.45, 7) is 0. The Morgan fingerprint density at radius 2 is 1.70 bits per heavy atom. The van der Waals surface area contributed by atoms with Crippen molar-refractivity contribution < 1.29 is 9.53 Å². The molecule has 5 heteroatoms. The lowest BCUT2D eigenvalue weighted by atomic mass is 10.1. The first-order valence-electron chi connectivity index (χ1n) is 5.86. The van der Waals surface area contributed by atoms with Gasteiger partial charge >= 0.3 is 5.97 Å². The maximum Gasteiger partial charge on any atom is 0.337 e. The largest absolute Gasteiger partial charge is 0.465 e. The molecule has 104 valence electrons. The molecule has 0 radical (unpaired) electrons. The van der Waals surface area contributed by atoms with E-state index in [1.54, 1.807) is 23.9 Å². The van der Waals surface area contributed by atoms with E-state index in [1.807, 2.05) is 30.3 Å². The van der Waals surface area contributed by atoms with Crippen molar-refractivity contribution in [2.75, 3.05) is 7.11 Å². The second-order valence-corrected chi connectivity index (χ2v) is 5.83. The fourth-order valence-electron chi connectivity index (χ4n) is 1.63. The number of halogens is 2. The molecule has 0 aliphatic heterocycles. The highest BCUT2D eigenvalue weighted by Gasteiger charge is 2.08. The van der Waals surface area contributed by atoms with E-state index < -0.39 is 0 Å². The van der Waals surface area contributed by atoms with Gasteiger partial charge in [-0.05, 0) is 29.8 Å². The number of hydrogen-bond donors (Lipinski definition) is 0. The summed E-state index contributed by atoms with van der Waals surface area (Å²) in [5.74, 6) is 0.392. The molecule has 0 spiro atoms. The van der Waals surface area contributed by atoms with Crippen LogP contribution in [-0.2, 0) is 10.5 Å². The van der Waals surface area contributed by atoms with Crippen molar-refractivity contribution in [2.45, 2.75) is 10.6 Å². The molecule has 0 heterocycles. The van der Waals surface area contributed by atoms with Crippen LogP contribution in [0.25, 0.3) is 0 Å². The summed E-state index contributed by atoms with van der Waals surface area (Å²) in [5.41, 5.74) is 1.62. The van der Waals surface area contributed by atoms with Crippen molar-refractivity contribution in [3.63, 3.8) is 0 Å². The highest BCUT2D eigenvalue weighted by atomic mass is 35.5. The lowest BCUT2D eigenvalue weighted by Gasteiger charge is -2.07. The zero-order chi connectivity index (χ0) is 14.5. The van der Waals surface area contributed by atoms with Crippen molar-refractivity contribution in [2.24, 2.45) is 0 Å². The molecular formula is C15H12Cl2O2S. The molecule has 2 nitrogen and oxygen atoms in total. The smallest absolute Gasteiger partial charge is 0.337 e. The third kappa shape index (κ3) is 3.69. The molecular weight excluding hydrogens is 315 g/mol. The summed E-state index contributed by atoms with van der Waals surface area (Å²) in [4.78, 5) is 12.2. The van der Waals surface area contributed by atoms with E-state index in [4.69, 9.17) is 23.2 Å². The molecule has 0 saturated heterocycles. The summed E-state index contributed by atoms with van der Waals surface area (Å²) in [6, 6.07) is 12.7. The average Bonchev–Trinajstić information content (AvgIpc) is 2.46. The quantitative estimate of drug-likeness (QED) is 0.579. The van der Waals surface area contributed by atoms with Crippen molar-refractivity contribution in [1.29, 1.82) is 0 Å². The van der Waals surface area contributed by atoms with Crippen LogP contribution in [0.15, 0.2) is 47.4 Å². The first-order valence-corrected chi connectivity index (χ1v) is 7.60. The number of benzene rings is 2. The maximum atomic E-state index is 11.3. The molecule has 0 unspecified atom stereocenters. The van der Waals surface area contributed by atoms with Gasteiger partial charge in [0.2, 0.25) is 0 Å². The molecule has 2 aromatic carbocycles. The standard InChI is InChI=1S/C15H12Cl2O2S/c1-19-15(18)11-7-5-10(6-8-11)9-20-14-12(16)3-2-4-13(14)17/h2-8H,9H2,1H3. The second-order valence-electron chi connectivity index (χ2n) is 4.03. The number of ether oxygens (including phenoxy) is 1. The second kappa shape index (κ2) is 7.02. The molecule has 0 saturated carbocycles. The van der Waals surface area contributed by atoms with Gasteiger partial charge in [0.15, 0.2) is 0 Å². The van der Waals surface area contributed by atoms with Crippen molar-refractivity contribution in [3.05, 3.63) is 63.6 Å². The first-order chi connectivity index (χ1) is 9.61. The number of esters is 1. The van der Waals surface area contributed by atoms with E-state index in [1.165, 1.54) is 7.11 Å². The van der Waals surface area contributed by atoms with E-state index >= 15 is 0 Å². The molecule has 2 aromatic rings. The van der Waals surface area contributed by atoms with Crippen molar-refractivity contribution in [1.82, 2.24) is 0 Å². The Bertz CT molecular complexity index is 592. The summed E-state index contributed by atoms with van der Waals surface area (Å²) in [5, 5.41) is 1.29. The number of thioether (sulfide) groups is 1. The Morgan fingerprint density at radius 3 is 2.25 bits per heavy atom. The van der Waals surface area contributed by atoms with Gasteiger partial charge < -0.3 is 4.74 Å². The molecule has 0 fully saturated rings. The predicted molar refractivity (Wildman–Crippen MR) is 83.8 cm³/mol. The molecule has 0 aliphatic carbocycles. The third-order valence-corrected chi connectivity index (χ3v) is 4.74. The summed E-state index contributed by atoms with van der Waals surface area (Å²) >= 11 is 13.8. The van der Waals surface area contributed by atoms with Crippen LogP contribution < -0.4 is 0 Å². The fourth-order valence-corrected chi connectivity index (χ4v) is 3.27. The minimum atomic E-state index is -0.335. The number of rotatable bonds is 4. The maximum absolute atomic E-state index is 11.3. The molecule has 0 aromatic heterocycles. The van der Waals surface area contributed by atoms with Gasteiger partial charge in [0, 0.05) is 10.6 Å². The van der Waals surface area contributed by atoms with Crippen LogP contribution in [0.5, 0.6) is 0 Å². The van der Waals surface area contributed by atoms with Crippen LogP contribution in [-0.4, -0.2) is 13.1 Å². The van der Waals surface area contributed by atoms with Crippen LogP contribution >= 0.6 is 35.0 Å². The van der Waals surface area contributed by atoms with Crippen LogP contribution in [0.2, 0.25) is 10.0 Å². The van der Waals surface area contributed by atoms with Crippen LogP contribution in [0.1, 0.15) is 15.9 Å². The molecule has 0 aliphatic rings. The number of carbonyl (C=O) groups is 1. The molecule has 2 rings (SSSR count). The Kier molecular flexibility index (Phi) is 5.35. The highest BCUT2D eigenvalue weighted by molar-refractivity contribution is 7.98. The van der Waals surface area contributed by atoms with Crippen molar-refractivity contribution >= 4 is 40.9 Å². The van der Waals surface area contributed by atoms with Gasteiger partial charge in [-0.1, -0.05) is 41.4 Å². The summed E-state index contributed by atoms with van der Waals surface area (Å²) in [7, 11) is 1.37. The van der Waals surface area contributed by atoms with Gasteiger partial charge in [0.1, 0.15) is 0 Å². The third-order valence-electron chi connectivity index (χ3n) is 2.68. The zero-order valence-corrected chi connectivity index (χ0v) is 13.1. The van der Waals surface area contributed by atoms with Gasteiger partial charge in [-0.15, -0.1) is 11.8 Å². The summed E-state index contributed by atoms with van der Waals surface area (Å²) in [6.07, 6.45) is 0. The summed E-state index contributed by atoms with van der Waals surface area (Å²) < 4.78 is 4.66. The highest BCUT2D eigenvalue weighted by Crippen LogP contribution is 2.35. The predicted octanol–water partition coefficient (Wildman–Crippen LogP) is 5.07. The normalized spacial score (nSPS) is 10.3. The lowest BCUT2D eigenvalue weighted by molar-refractivity contribution is 0.0600. The van der Waals surface area contributed by atoms with Gasteiger partial charge in [-0.3, -0.25) is 0 Å². The lowest BCUT2D eigenvalue weighted by Crippen LogP contribution is -2.00. The zero-order valence-electron chi connectivity index (χ0n) is 10.7. The average molecular weight is 327 g/mol. The van der Waals surface area contributed by atoms with E-state index in [0.717, 1.165) is 16.2 Å². The Morgan fingerprint density at radius 1 is 1.10 bits per heavy atom. The molecule has 0 bridgehead atoms. The molecule has 20 heavy (non-hydrogen) atoms. The van der Waals surface area contributed by atoms with Gasteiger partial charge in [0.25, 0.3) is 0 Å². The topological polar surface area (TPSA) is 26.3 Å². The number of carbonyl (C=O) groups excluding carboxylic acids is 1. The van der Waals surface area contributed by atoms with E-state index in [9.17, 15) is 4.79 Å². The number of methoxy groups -OCH3 is 1. The number of hydrogen-bond acceptors (Lipinski definition) is 3. The van der Waals surface area contributed by atoms with E-state index in [-0.39, 0.29) is 5.97 Å². The first kappa shape index (κ1) is 15.2.